The summed E-state index contributed by atoms with van der Waals surface area (Å²) < 4.78 is 4.82. The number of fused-ring (bicyclic) bond motifs is 8. The monoisotopic (exact) mass is 1170 g/mol. The van der Waals surface area contributed by atoms with E-state index in [2.05, 4.69) is 364 Å². The second-order valence-corrected chi connectivity index (χ2v) is 25.6. The molecule has 17 rings (SSSR count). The van der Waals surface area contributed by atoms with Gasteiger partial charge in [-0.3, -0.25) is 0 Å². The molecular weight excluding hydrogens is 1110 g/mol. The highest BCUT2D eigenvalue weighted by Gasteiger charge is 2.23. The van der Waals surface area contributed by atoms with Crippen molar-refractivity contribution in [2.75, 3.05) is 0 Å². The normalized spacial score (nSPS) is 11.9. The van der Waals surface area contributed by atoms with Crippen molar-refractivity contribution in [1.29, 1.82) is 0 Å². The molecule has 2 heteroatoms. The van der Waals surface area contributed by atoms with Crippen molar-refractivity contribution < 1.29 is 0 Å². The van der Waals surface area contributed by atoms with Gasteiger partial charge >= 0.3 is 0 Å². The molecule has 0 bridgehead atoms. The summed E-state index contributed by atoms with van der Waals surface area (Å²) in [4.78, 5) is 0. The molecular formula is C90H64N2. The SMILES string of the molecule is CC(C)(C)c1ccc2c(-c3ccc(-c4ccc5c(c4)c4cc(-c6ccc(-c7ccccc7)cc6)ccc4n5-c4ccccc4)cc3)c3ccccc3c(-c3ccc(-c4ccc5c(c4)c4cc(-c6ccc(-c7ccccc7)cc6)ccc4n5-c4ccccc4)cc3)c2c1. The van der Waals surface area contributed by atoms with Crippen LogP contribution >= 0.6 is 0 Å². The Morgan fingerprint density at radius 3 is 0.761 bits per heavy atom. The molecule has 2 heterocycles. The minimum Gasteiger partial charge on any atom is -0.309 e. The third-order valence-corrected chi connectivity index (χ3v) is 19.1. The van der Waals surface area contributed by atoms with Gasteiger partial charge in [-0.25, -0.2) is 0 Å². The summed E-state index contributed by atoms with van der Waals surface area (Å²) >= 11 is 0. The molecule has 0 spiro atoms. The van der Waals surface area contributed by atoms with E-state index in [0.717, 1.165) is 11.4 Å². The Kier molecular flexibility index (Phi) is 13.1. The van der Waals surface area contributed by atoms with E-state index in [-0.39, 0.29) is 5.41 Å². The van der Waals surface area contributed by atoms with Crippen molar-refractivity contribution in [3.8, 4) is 100 Å². The van der Waals surface area contributed by atoms with Crippen molar-refractivity contribution in [3.63, 3.8) is 0 Å². The molecule has 0 aliphatic carbocycles. The van der Waals surface area contributed by atoms with Gasteiger partial charge in [0.15, 0.2) is 0 Å². The highest BCUT2D eigenvalue weighted by Crippen LogP contribution is 2.47. The number of hydrogen-bond donors (Lipinski definition) is 0. The summed E-state index contributed by atoms with van der Waals surface area (Å²) in [5, 5.41) is 9.91. The zero-order valence-corrected chi connectivity index (χ0v) is 51.6. The van der Waals surface area contributed by atoms with Gasteiger partial charge in [-0.05, 0) is 200 Å². The molecule has 0 atom stereocenters. The zero-order valence-electron chi connectivity index (χ0n) is 51.6. The Balaban J connectivity index is 0.743. The average molecular weight is 1170 g/mol. The Morgan fingerprint density at radius 2 is 0.435 bits per heavy atom. The van der Waals surface area contributed by atoms with Crippen LogP contribution in [0.1, 0.15) is 26.3 Å². The van der Waals surface area contributed by atoms with E-state index in [4.69, 9.17) is 0 Å². The number of hydrogen-bond acceptors (Lipinski definition) is 0. The van der Waals surface area contributed by atoms with Crippen LogP contribution in [0.25, 0.3) is 166 Å². The summed E-state index contributed by atoms with van der Waals surface area (Å²) in [5.74, 6) is 0. The highest BCUT2D eigenvalue weighted by molar-refractivity contribution is 6.22. The summed E-state index contributed by atoms with van der Waals surface area (Å²) in [6, 6.07) is 124. The number of benzene rings is 15. The Morgan fingerprint density at radius 1 is 0.185 bits per heavy atom. The number of rotatable bonds is 10. The molecule has 15 aromatic carbocycles. The Hall–Kier alpha value is -11.6. The van der Waals surface area contributed by atoms with E-state index < -0.39 is 0 Å². The van der Waals surface area contributed by atoms with Crippen LogP contribution in [-0.4, -0.2) is 9.13 Å². The molecule has 2 nitrogen and oxygen atoms in total. The maximum absolute atomic E-state index is 2.47. The molecule has 0 saturated heterocycles. The minimum atomic E-state index is -0.0526. The van der Waals surface area contributed by atoms with Crippen LogP contribution in [0.4, 0.5) is 0 Å². The largest absolute Gasteiger partial charge is 0.309 e. The molecule has 434 valence electrons. The smallest absolute Gasteiger partial charge is 0.0541 e. The number of aromatic nitrogens is 2. The van der Waals surface area contributed by atoms with E-state index in [1.807, 2.05) is 0 Å². The maximum Gasteiger partial charge on any atom is 0.0541 e. The van der Waals surface area contributed by atoms with E-state index in [0.29, 0.717) is 0 Å². The predicted octanol–water partition coefficient (Wildman–Crippen LogP) is 24.8. The van der Waals surface area contributed by atoms with Crippen LogP contribution in [0.15, 0.2) is 334 Å². The first-order valence-corrected chi connectivity index (χ1v) is 32.0. The van der Waals surface area contributed by atoms with E-state index in [9.17, 15) is 0 Å². The van der Waals surface area contributed by atoms with E-state index >= 15 is 0 Å². The van der Waals surface area contributed by atoms with Crippen LogP contribution in [0, 0.1) is 0 Å². The lowest BCUT2D eigenvalue weighted by atomic mass is 9.81. The van der Waals surface area contributed by atoms with Crippen molar-refractivity contribution in [1.82, 2.24) is 9.13 Å². The van der Waals surface area contributed by atoms with Crippen molar-refractivity contribution in [2.24, 2.45) is 0 Å². The molecule has 0 unspecified atom stereocenters. The molecule has 17 aromatic rings. The zero-order chi connectivity index (χ0) is 61.4. The van der Waals surface area contributed by atoms with E-state index in [1.54, 1.807) is 0 Å². The minimum absolute atomic E-state index is 0.0526. The molecule has 0 amide bonds. The highest BCUT2D eigenvalue weighted by atomic mass is 15.0. The summed E-state index contributed by atoms with van der Waals surface area (Å²) in [5.41, 5.74) is 27.6. The van der Waals surface area contributed by atoms with E-state index in [1.165, 1.54) is 160 Å². The van der Waals surface area contributed by atoms with Gasteiger partial charge in [-0.15, -0.1) is 0 Å². The molecule has 0 fully saturated rings. The Labute approximate surface area is 536 Å². The number of nitrogens with zero attached hydrogens (tertiary/aromatic N) is 2. The van der Waals surface area contributed by atoms with Gasteiger partial charge < -0.3 is 9.13 Å². The number of para-hydroxylation sites is 2. The fourth-order valence-corrected chi connectivity index (χ4v) is 14.4. The predicted molar refractivity (Wildman–Crippen MR) is 392 cm³/mol. The van der Waals surface area contributed by atoms with Crippen LogP contribution in [0.5, 0.6) is 0 Å². The second kappa shape index (κ2) is 22.2. The molecule has 2 aromatic heterocycles. The van der Waals surface area contributed by atoms with Gasteiger partial charge in [0.2, 0.25) is 0 Å². The maximum atomic E-state index is 2.47. The van der Waals surface area contributed by atoms with Gasteiger partial charge in [-0.2, -0.15) is 0 Å². The van der Waals surface area contributed by atoms with Gasteiger partial charge in [0, 0.05) is 32.9 Å². The van der Waals surface area contributed by atoms with Crippen molar-refractivity contribution >= 4 is 65.2 Å². The van der Waals surface area contributed by atoms with Gasteiger partial charge in [0.05, 0.1) is 22.1 Å². The fraction of sp³-hybridized carbons (Fsp3) is 0.0444. The average Bonchev–Trinajstić information content (AvgIpc) is 1.19. The second-order valence-electron chi connectivity index (χ2n) is 25.6. The lowest BCUT2D eigenvalue weighted by Crippen LogP contribution is -2.10. The van der Waals surface area contributed by atoms with Crippen LogP contribution in [0.3, 0.4) is 0 Å². The molecule has 0 aliphatic heterocycles. The van der Waals surface area contributed by atoms with Crippen LogP contribution in [0.2, 0.25) is 0 Å². The van der Waals surface area contributed by atoms with Gasteiger partial charge in [-0.1, -0.05) is 276 Å². The molecule has 0 aliphatic rings. The lowest BCUT2D eigenvalue weighted by molar-refractivity contribution is 0.591. The van der Waals surface area contributed by atoms with Crippen LogP contribution < -0.4 is 0 Å². The third kappa shape index (κ3) is 9.50. The fourth-order valence-electron chi connectivity index (χ4n) is 14.4. The van der Waals surface area contributed by atoms with Gasteiger partial charge in [0.1, 0.15) is 0 Å². The first-order chi connectivity index (χ1) is 45.2. The van der Waals surface area contributed by atoms with Crippen molar-refractivity contribution in [3.05, 3.63) is 339 Å². The summed E-state index contributed by atoms with van der Waals surface area (Å²) in [6.07, 6.45) is 0. The van der Waals surface area contributed by atoms with Crippen LogP contribution in [-0.2, 0) is 5.41 Å². The first-order valence-electron chi connectivity index (χ1n) is 32.0. The summed E-state index contributed by atoms with van der Waals surface area (Å²) in [7, 11) is 0. The first kappa shape index (κ1) is 54.6. The third-order valence-electron chi connectivity index (χ3n) is 19.1. The molecule has 0 N–H and O–H groups in total. The standard InChI is InChI=1S/C90H64N2/c1-90(2,3)73-48-49-78-83(58-73)89(68-42-38-66(39-43-68)72-47-53-87-82(57-72)80-55-70(45-51-85(80)92(87)75-24-14-7-15-25-75)64-34-30-62(31-35-64)60-20-10-5-11-21-60)77-27-17-16-26-76(77)88(78)67-40-36-65(37-41-67)71-46-52-86-81(56-71)79-54-69(44-50-84(79)91(86)74-22-12-6-13-23-74)63-32-28-61(29-33-63)59-18-8-4-9-19-59/h4-58H,1-3H3. The molecule has 0 radical (unpaired) electrons. The molecule has 0 saturated carbocycles. The molecule has 92 heavy (non-hydrogen) atoms. The van der Waals surface area contributed by atoms with Crippen molar-refractivity contribution in [2.45, 2.75) is 26.2 Å². The summed E-state index contributed by atoms with van der Waals surface area (Å²) in [6.45, 7) is 6.96. The topological polar surface area (TPSA) is 9.86 Å². The quantitative estimate of drug-likeness (QED) is 0.121. The Bertz CT molecular complexity index is 5640. The van der Waals surface area contributed by atoms with Gasteiger partial charge in [0.25, 0.3) is 0 Å². The lowest BCUT2D eigenvalue weighted by Gasteiger charge is -2.23.